The van der Waals surface area contributed by atoms with Crippen molar-refractivity contribution in [1.29, 1.82) is 0 Å². The number of para-hydroxylation sites is 1. The lowest BCUT2D eigenvalue weighted by molar-refractivity contribution is 0.00844. The van der Waals surface area contributed by atoms with Crippen molar-refractivity contribution < 1.29 is 9.59 Å². The number of rotatable bonds is 4. The van der Waals surface area contributed by atoms with Crippen LogP contribution in [0.1, 0.15) is 20.8 Å². The Morgan fingerprint density at radius 3 is 2.41 bits per heavy atom. The molecule has 0 bridgehead atoms. The number of benzene rings is 2. The van der Waals surface area contributed by atoms with Crippen LogP contribution in [0.2, 0.25) is 0 Å². The van der Waals surface area contributed by atoms with Gasteiger partial charge in [-0.3, -0.25) is 19.1 Å². The van der Waals surface area contributed by atoms with Crippen LogP contribution < -0.4 is 0 Å². The molecule has 2 fully saturated rings. The maximum atomic E-state index is 13.1. The van der Waals surface area contributed by atoms with Gasteiger partial charge in [-0.25, -0.2) is 9.97 Å². The lowest BCUT2D eigenvalue weighted by Crippen LogP contribution is -2.64. The van der Waals surface area contributed by atoms with Gasteiger partial charge in [0, 0.05) is 61.9 Å². The number of carbonyl (C=O) groups excluding carboxylic acids is 2. The molecule has 2 aliphatic heterocycles. The molecule has 2 amide bonds. The van der Waals surface area contributed by atoms with Gasteiger partial charge in [-0.15, -0.1) is 11.3 Å². The molecular weight excluding hydrogens is 448 g/mol. The van der Waals surface area contributed by atoms with Crippen molar-refractivity contribution in [3.8, 4) is 5.69 Å². The fourth-order valence-corrected chi connectivity index (χ4v) is 5.27. The van der Waals surface area contributed by atoms with Gasteiger partial charge in [-0.1, -0.05) is 18.2 Å². The zero-order valence-corrected chi connectivity index (χ0v) is 19.4. The van der Waals surface area contributed by atoms with Gasteiger partial charge in [0.1, 0.15) is 12.0 Å². The predicted octanol–water partition coefficient (Wildman–Crippen LogP) is 2.76. The molecule has 0 spiro atoms. The molecule has 2 aromatic heterocycles. The molecule has 8 nitrogen and oxygen atoms in total. The fraction of sp³-hybridized carbons (Fsp3) is 0.280. The number of amides is 2. The standard InChI is InChI=1S/C25H24N6O2S/c32-24(18-6-7-23-21(12-18)26-16-31(23)19-4-2-1-3-5-19)30-13-20(14-30)28-8-10-29(11-9-28)25(33)22-15-34-17-27-22/h1-7,12,15-17,20H,8-11,13-14H2. The van der Waals surface area contributed by atoms with Crippen molar-refractivity contribution in [3.05, 3.63) is 77.0 Å². The molecule has 0 unspecified atom stereocenters. The quantitative estimate of drug-likeness (QED) is 0.457. The molecule has 2 saturated heterocycles. The SMILES string of the molecule is O=C(c1ccc2c(c1)ncn2-c1ccccc1)N1CC(N2CCN(C(=O)c3cscn3)CC2)C1. The molecule has 34 heavy (non-hydrogen) atoms. The van der Waals surface area contributed by atoms with Gasteiger partial charge in [0.15, 0.2) is 0 Å². The molecule has 0 N–H and O–H groups in total. The van der Waals surface area contributed by atoms with E-state index in [1.54, 1.807) is 17.2 Å². The number of thiazole rings is 1. The molecule has 0 atom stereocenters. The minimum atomic E-state index is 0.0106. The van der Waals surface area contributed by atoms with E-state index in [1.165, 1.54) is 11.3 Å². The lowest BCUT2D eigenvalue weighted by atomic mass is 10.0. The van der Waals surface area contributed by atoms with Crippen molar-refractivity contribution in [2.45, 2.75) is 6.04 Å². The Balaban J connectivity index is 1.06. The molecule has 2 aliphatic rings. The number of aromatic nitrogens is 3. The molecule has 4 heterocycles. The molecule has 6 rings (SSSR count). The third kappa shape index (κ3) is 3.76. The second kappa shape index (κ2) is 8.66. The third-order valence-corrected chi connectivity index (χ3v) is 7.33. The highest BCUT2D eigenvalue weighted by atomic mass is 32.1. The van der Waals surface area contributed by atoms with E-state index in [0.29, 0.717) is 30.4 Å². The number of hydrogen-bond acceptors (Lipinski definition) is 6. The van der Waals surface area contributed by atoms with Crippen molar-refractivity contribution in [1.82, 2.24) is 29.2 Å². The van der Waals surface area contributed by atoms with Crippen LogP contribution in [0.25, 0.3) is 16.7 Å². The average Bonchev–Trinajstić information content (AvgIpc) is 3.54. The Kier molecular flexibility index (Phi) is 5.35. The van der Waals surface area contributed by atoms with Gasteiger partial charge in [0.05, 0.1) is 16.5 Å². The molecule has 0 aliphatic carbocycles. The van der Waals surface area contributed by atoms with Crippen LogP contribution in [0.4, 0.5) is 0 Å². The van der Waals surface area contributed by atoms with E-state index >= 15 is 0 Å². The van der Waals surface area contributed by atoms with Crippen molar-refractivity contribution in [2.75, 3.05) is 39.3 Å². The van der Waals surface area contributed by atoms with Crippen LogP contribution in [0.5, 0.6) is 0 Å². The largest absolute Gasteiger partial charge is 0.335 e. The first-order chi connectivity index (χ1) is 16.7. The third-order valence-electron chi connectivity index (χ3n) is 6.75. The molecular formula is C25H24N6O2S. The van der Waals surface area contributed by atoms with Crippen LogP contribution >= 0.6 is 11.3 Å². The van der Waals surface area contributed by atoms with Gasteiger partial charge in [0.25, 0.3) is 11.8 Å². The van der Waals surface area contributed by atoms with E-state index in [4.69, 9.17) is 0 Å². The number of nitrogens with zero attached hydrogens (tertiary/aromatic N) is 6. The molecule has 2 aromatic carbocycles. The number of fused-ring (bicyclic) bond motifs is 1. The second-order valence-corrected chi connectivity index (χ2v) is 9.44. The Bertz CT molecular complexity index is 1320. The first-order valence-corrected chi connectivity index (χ1v) is 12.3. The summed E-state index contributed by atoms with van der Waals surface area (Å²) in [5, 5.41) is 1.80. The highest BCUT2D eigenvalue weighted by molar-refractivity contribution is 7.07. The molecule has 9 heteroatoms. The van der Waals surface area contributed by atoms with Crippen molar-refractivity contribution >= 4 is 34.2 Å². The van der Waals surface area contributed by atoms with E-state index in [1.807, 2.05) is 62.9 Å². The van der Waals surface area contributed by atoms with Gasteiger partial charge in [-0.05, 0) is 30.3 Å². The number of carbonyl (C=O) groups is 2. The van der Waals surface area contributed by atoms with Crippen molar-refractivity contribution in [3.63, 3.8) is 0 Å². The van der Waals surface area contributed by atoms with Gasteiger partial charge in [0.2, 0.25) is 0 Å². The second-order valence-electron chi connectivity index (χ2n) is 8.72. The zero-order valence-electron chi connectivity index (χ0n) is 18.6. The van der Waals surface area contributed by atoms with Crippen LogP contribution in [0.15, 0.2) is 65.7 Å². The van der Waals surface area contributed by atoms with Crippen molar-refractivity contribution in [2.24, 2.45) is 0 Å². The topological polar surface area (TPSA) is 74.6 Å². The van der Waals surface area contributed by atoms with Gasteiger partial charge >= 0.3 is 0 Å². The van der Waals surface area contributed by atoms with Gasteiger partial charge < -0.3 is 9.80 Å². The minimum absolute atomic E-state index is 0.0106. The number of likely N-dealkylation sites (tertiary alicyclic amines) is 1. The summed E-state index contributed by atoms with van der Waals surface area (Å²) in [6.45, 7) is 4.48. The van der Waals surface area contributed by atoms with E-state index in [0.717, 1.165) is 42.9 Å². The first kappa shape index (κ1) is 21.0. The molecule has 172 valence electrons. The number of hydrogen-bond donors (Lipinski definition) is 0. The Hall–Kier alpha value is -3.56. The average molecular weight is 473 g/mol. The Labute approximate surface area is 201 Å². The summed E-state index contributed by atoms with van der Waals surface area (Å²) in [5.41, 5.74) is 5.73. The Morgan fingerprint density at radius 1 is 0.882 bits per heavy atom. The van der Waals surface area contributed by atoms with Crippen LogP contribution in [-0.4, -0.2) is 86.4 Å². The summed E-state index contributed by atoms with van der Waals surface area (Å²) in [6, 6.07) is 16.1. The van der Waals surface area contributed by atoms with E-state index in [2.05, 4.69) is 14.9 Å². The first-order valence-electron chi connectivity index (χ1n) is 11.4. The van der Waals surface area contributed by atoms with Crippen LogP contribution in [-0.2, 0) is 0 Å². The zero-order chi connectivity index (χ0) is 23.1. The molecule has 0 radical (unpaired) electrons. The van der Waals surface area contributed by atoms with Crippen LogP contribution in [0.3, 0.4) is 0 Å². The summed E-state index contributed by atoms with van der Waals surface area (Å²) in [7, 11) is 0. The van der Waals surface area contributed by atoms with E-state index in [-0.39, 0.29) is 11.8 Å². The predicted molar refractivity (Wildman–Crippen MR) is 130 cm³/mol. The number of piperazine rings is 1. The van der Waals surface area contributed by atoms with Crippen LogP contribution in [0, 0.1) is 0 Å². The lowest BCUT2D eigenvalue weighted by Gasteiger charge is -2.48. The molecule has 4 aromatic rings. The summed E-state index contributed by atoms with van der Waals surface area (Å²) < 4.78 is 2.03. The highest BCUT2D eigenvalue weighted by Gasteiger charge is 2.37. The summed E-state index contributed by atoms with van der Waals surface area (Å²) in [5.74, 6) is 0.0566. The van der Waals surface area contributed by atoms with E-state index in [9.17, 15) is 9.59 Å². The fourth-order valence-electron chi connectivity index (χ4n) is 4.75. The summed E-state index contributed by atoms with van der Waals surface area (Å²) in [4.78, 5) is 40.4. The summed E-state index contributed by atoms with van der Waals surface area (Å²) >= 11 is 1.44. The monoisotopic (exact) mass is 472 g/mol. The maximum absolute atomic E-state index is 13.1. The minimum Gasteiger partial charge on any atom is -0.335 e. The normalized spacial score (nSPS) is 17.2. The van der Waals surface area contributed by atoms with E-state index < -0.39 is 0 Å². The Morgan fingerprint density at radius 2 is 1.68 bits per heavy atom. The molecule has 0 saturated carbocycles. The maximum Gasteiger partial charge on any atom is 0.273 e. The smallest absolute Gasteiger partial charge is 0.273 e. The summed E-state index contributed by atoms with van der Waals surface area (Å²) in [6.07, 6.45) is 1.80. The van der Waals surface area contributed by atoms with Gasteiger partial charge in [-0.2, -0.15) is 0 Å². The highest BCUT2D eigenvalue weighted by Crippen LogP contribution is 2.23. The number of imidazole rings is 1.